The predicted molar refractivity (Wildman–Crippen MR) is 57.8 cm³/mol. The van der Waals surface area contributed by atoms with Gasteiger partial charge in [0, 0.05) is 13.2 Å². The summed E-state index contributed by atoms with van der Waals surface area (Å²) in [5, 5.41) is 0. The van der Waals surface area contributed by atoms with Crippen LogP contribution in [0.2, 0.25) is 0 Å². The fourth-order valence-electron chi connectivity index (χ4n) is 1.47. The lowest BCUT2D eigenvalue weighted by molar-refractivity contribution is 0.00957. The van der Waals surface area contributed by atoms with Crippen molar-refractivity contribution in [1.82, 2.24) is 0 Å². The zero-order valence-corrected chi connectivity index (χ0v) is 9.76. The molecule has 0 fully saturated rings. The summed E-state index contributed by atoms with van der Waals surface area (Å²) in [5.41, 5.74) is 5.88. The van der Waals surface area contributed by atoms with E-state index < -0.39 is 0 Å². The van der Waals surface area contributed by atoms with Crippen LogP contribution in [-0.2, 0) is 4.74 Å². The molecular weight excluding hydrogens is 162 g/mol. The summed E-state index contributed by atoms with van der Waals surface area (Å²) in [6, 6.07) is 0.303. The number of nitrogens with two attached hydrogens (primary N) is 1. The van der Waals surface area contributed by atoms with Crippen LogP contribution < -0.4 is 5.73 Å². The van der Waals surface area contributed by atoms with E-state index in [1.807, 2.05) is 0 Å². The first kappa shape index (κ1) is 12.9. The molecule has 2 nitrogen and oxygen atoms in total. The highest BCUT2D eigenvalue weighted by atomic mass is 16.5. The van der Waals surface area contributed by atoms with Crippen molar-refractivity contribution in [3.8, 4) is 0 Å². The van der Waals surface area contributed by atoms with Crippen molar-refractivity contribution in [1.29, 1.82) is 0 Å². The molecule has 0 rings (SSSR count). The van der Waals surface area contributed by atoms with Gasteiger partial charge in [-0.3, -0.25) is 0 Å². The maximum Gasteiger partial charge on any atom is 0.0622 e. The summed E-state index contributed by atoms with van der Waals surface area (Å²) >= 11 is 0. The van der Waals surface area contributed by atoms with Crippen molar-refractivity contribution in [2.45, 2.75) is 58.6 Å². The van der Waals surface area contributed by atoms with Gasteiger partial charge in [-0.25, -0.2) is 0 Å². The number of hydrogen-bond acceptors (Lipinski definition) is 2. The van der Waals surface area contributed by atoms with Crippen LogP contribution in [0.5, 0.6) is 0 Å². The van der Waals surface area contributed by atoms with Crippen LogP contribution in [0.1, 0.15) is 47.0 Å². The minimum atomic E-state index is 0.00229. The van der Waals surface area contributed by atoms with Crippen molar-refractivity contribution >= 4 is 0 Å². The molecule has 0 amide bonds. The van der Waals surface area contributed by atoms with E-state index in [0.29, 0.717) is 12.0 Å². The molecule has 0 aliphatic heterocycles. The van der Waals surface area contributed by atoms with Crippen molar-refractivity contribution in [3.63, 3.8) is 0 Å². The summed E-state index contributed by atoms with van der Waals surface area (Å²) in [7, 11) is 1.77. The zero-order valence-electron chi connectivity index (χ0n) is 9.76. The second-order valence-corrected chi connectivity index (χ2v) is 4.53. The highest BCUT2D eigenvalue weighted by Gasteiger charge is 2.20. The lowest BCUT2D eigenvalue weighted by atomic mass is 9.89. The molecule has 2 unspecified atom stereocenters. The Balaban J connectivity index is 3.85. The van der Waals surface area contributed by atoms with Crippen LogP contribution in [0.3, 0.4) is 0 Å². The Bertz CT molecular complexity index is 132. The van der Waals surface area contributed by atoms with Gasteiger partial charge in [-0.1, -0.05) is 13.3 Å². The molecule has 0 aliphatic carbocycles. The highest BCUT2D eigenvalue weighted by molar-refractivity contribution is 4.74. The van der Waals surface area contributed by atoms with Crippen LogP contribution in [0.4, 0.5) is 0 Å². The molecule has 80 valence electrons. The first-order valence-electron chi connectivity index (χ1n) is 5.23. The largest absolute Gasteiger partial charge is 0.379 e. The molecule has 0 aliphatic rings. The van der Waals surface area contributed by atoms with Gasteiger partial charge in [-0.05, 0) is 39.5 Å². The van der Waals surface area contributed by atoms with E-state index >= 15 is 0 Å². The molecule has 13 heavy (non-hydrogen) atoms. The molecule has 0 heterocycles. The second kappa shape index (κ2) is 5.61. The maximum atomic E-state index is 5.88. The van der Waals surface area contributed by atoms with Gasteiger partial charge >= 0.3 is 0 Å². The molecule has 0 spiro atoms. The Morgan fingerprint density at radius 1 is 1.38 bits per heavy atom. The highest BCUT2D eigenvalue weighted by Crippen LogP contribution is 2.22. The molecule has 0 aromatic carbocycles. The first-order valence-corrected chi connectivity index (χ1v) is 5.23. The topological polar surface area (TPSA) is 35.2 Å². The minimum Gasteiger partial charge on any atom is -0.379 e. The van der Waals surface area contributed by atoms with Gasteiger partial charge in [0.25, 0.3) is 0 Å². The van der Waals surface area contributed by atoms with Crippen molar-refractivity contribution in [2.75, 3.05) is 7.11 Å². The van der Waals surface area contributed by atoms with Gasteiger partial charge in [0.15, 0.2) is 0 Å². The SMILES string of the molecule is CCC(CCC(C)(C)OC)C(C)N. The third-order valence-electron chi connectivity index (χ3n) is 2.94. The van der Waals surface area contributed by atoms with Crippen molar-refractivity contribution < 1.29 is 4.74 Å². The Kier molecular flexibility index (Phi) is 5.57. The summed E-state index contributed by atoms with van der Waals surface area (Å²) in [4.78, 5) is 0. The monoisotopic (exact) mass is 187 g/mol. The number of ether oxygens (including phenoxy) is 1. The molecule has 2 heteroatoms. The van der Waals surface area contributed by atoms with Gasteiger partial charge in [0.1, 0.15) is 0 Å². The summed E-state index contributed by atoms with van der Waals surface area (Å²) in [5.74, 6) is 0.634. The fourth-order valence-corrected chi connectivity index (χ4v) is 1.47. The van der Waals surface area contributed by atoms with Gasteiger partial charge in [-0.15, -0.1) is 0 Å². The first-order chi connectivity index (χ1) is 5.93. The van der Waals surface area contributed by atoms with E-state index in [-0.39, 0.29) is 5.60 Å². The summed E-state index contributed by atoms with van der Waals surface area (Å²) in [6.07, 6.45) is 3.41. The Morgan fingerprint density at radius 3 is 2.23 bits per heavy atom. The van der Waals surface area contributed by atoms with E-state index in [9.17, 15) is 0 Å². The molecule has 0 saturated heterocycles. The maximum absolute atomic E-state index is 5.88. The smallest absolute Gasteiger partial charge is 0.0622 e. The molecule has 0 radical (unpaired) electrons. The standard InChI is InChI=1S/C11H25NO/c1-6-10(9(2)12)7-8-11(3,4)13-5/h9-10H,6-8,12H2,1-5H3. The lowest BCUT2D eigenvalue weighted by Crippen LogP contribution is -2.29. The normalized spacial score (nSPS) is 17.1. The van der Waals surface area contributed by atoms with Crippen LogP contribution in [0.15, 0.2) is 0 Å². The number of rotatable bonds is 6. The van der Waals surface area contributed by atoms with E-state index in [1.54, 1.807) is 7.11 Å². The van der Waals surface area contributed by atoms with E-state index in [2.05, 4.69) is 27.7 Å². The molecular formula is C11H25NO. The average Bonchev–Trinajstić information content (AvgIpc) is 2.05. The number of hydrogen-bond donors (Lipinski definition) is 1. The van der Waals surface area contributed by atoms with Crippen LogP contribution in [-0.4, -0.2) is 18.8 Å². The Hall–Kier alpha value is -0.0800. The fraction of sp³-hybridized carbons (Fsp3) is 1.00. The molecule has 2 atom stereocenters. The Morgan fingerprint density at radius 2 is 1.92 bits per heavy atom. The predicted octanol–water partition coefficient (Wildman–Crippen LogP) is 2.57. The average molecular weight is 187 g/mol. The molecule has 0 bridgehead atoms. The molecule has 0 aromatic rings. The van der Waals surface area contributed by atoms with Crippen LogP contribution >= 0.6 is 0 Å². The second-order valence-electron chi connectivity index (χ2n) is 4.53. The Labute approximate surface area is 82.8 Å². The third kappa shape index (κ3) is 5.27. The lowest BCUT2D eigenvalue weighted by Gasteiger charge is -2.26. The van der Waals surface area contributed by atoms with Crippen LogP contribution in [0, 0.1) is 5.92 Å². The van der Waals surface area contributed by atoms with Crippen LogP contribution in [0.25, 0.3) is 0 Å². The molecule has 0 saturated carbocycles. The van der Waals surface area contributed by atoms with Gasteiger partial charge in [-0.2, -0.15) is 0 Å². The number of methoxy groups -OCH3 is 1. The molecule has 2 N–H and O–H groups in total. The van der Waals surface area contributed by atoms with E-state index in [1.165, 1.54) is 0 Å². The zero-order chi connectivity index (χ0) is 10.5. The minimum absolute atomic E-state index is 0.00229. The van der Waals surface area contributed by atoms with Gasteiger partial charge in [0.2, 0.25) is 0 Å². The van der Waals surface area contributed by atoms with Gasteiger partial charge in [0.05, 0.1) is 5.60 Å². The quantitative estimate of drug-likeness (QED) is 0.693. The summed E-state index contributed by atoms with van der Waals surface area (Å²) in [6.45, 7) is 8.55. The summed E-state index contributed by atoms with van der Waals surface area (Å²) < 4.78 is 5.37. The van der Waals surface area contributed by atoms with Crippen molar-refractivity contribution in [2.24, 2.45) is 11.7 Å². The molecule has 0 aromatic heterocycles. The van der Waals surface area contributed by atoms with E-state index in [0.717, 1.165) is 19.3 Å². The van der Waals surface area contributed by atoms with Crippen molar-refractivity contribution in [3.05, 3.63) is 0 Å². The third-order valence-corrected chi connectivity index (χ3v) is 2.94. The van der Waals surface area contributed by atoms with Gasteiger partial charge < -0.3 is 10.5 Å². The van der Waals surface area contributed by atoms with E-state index in [4.69, 9.17) is 10.5 Å².